The number of nitrogens with zero attached hydrogens (tertiary/aromatic N) is 3. The van der Waals surface area contributed by atoms with Gasteiger partial charge in [0, 0.05) is 33.8 Å². The van der Waals surface area contributed by atoms with Crippen LogP contribution in [0.2, 0.25) is 0 Å². The third-order valence-corrected chi connectivity index (χ3v) is 10.5. The van der Waals surface area contributed by atoms with Gasteiger partial charge in [0.2, 0.25) is 0 Å². The molecular formula is C36H32N5O5PS. The number of rotatable bonds is 11. The molecule has 2 heterocycles. The highest BCUT2D eigenvalue weighted by molar-refractivity contribution is 7.99. The van der Waals surface area contributed by atoms with Gasteiger partial charge < -0.3 is 14.6 Å². The maximum Gasteiger partial charge on any atom is 0.440 e. The van der Waals surface area contributed by atoms with Crippen molar-refractivity contribution in [3.05, 3.63) is 126 Å². The summed E-state index contributed by atoms with van der Waals surface area (Å²) >= 11 is 1.38. The maximum atomic E-state index is 15.3. The fourth-order valence-corrected chi connectivity index (χ4v) is 8.04. The molecule has 12 heteroatoms. The molecule has 4 aromatic carbocycles. The zero-order valence-electron chi connectivity index (χ0n) is 26.4. The van der Waals surface area contributed by atoms with Crippen LogP contribution in [0.15, 0.2) is 119 Å². The summed E-state index contributed by atoms with van der Waals surface area (Å²) in [6.45, 7) is 1.55. The summed E-state index contributed by atoms with van der Waals surface area (Å²) in [4.78, 5) is 31.1. The Labute approximate surface area is 281 Å². The Hall–Kier alpha value is -5.22. The minimum absolute atomic E-state index is 0.208. The Balaban J connectivity index is 1.53. The molecule has 242 valence electrons. The first-order valence-corrected chi connectivity index (χ1v) is 17.4. The molecule has 0 fully saturated rings. The van der Waals surface area contributed by atoms with E-state index in [1.807, 2.05) is 97.1 Å². The van der Waals surface area contributed by atoms with E-state index >= 15 is 4.57 Å². The summed E-state index contributed by atoms with van der Waals surface area (Å²) in [7, 11) is -1.39. The van der Waals surface area contributed by atoms with Crippen molar-refractivity contribution in [1.29, 1.82) is 0 Å². The topological polar surface area (TPSA) is 124 Å². The van der Waals surface area contributed by atoms with Crippen LogP contribution in [0.3, 0.4) is 0 Å². The quantitative estimate of drug-likeness (QED) is 0.106. The molecule has 1 amide bonds. The van der Waals surface area contributed by atoms with E-state index in [9.17, 15) is 9.59 Å². The zero-order chi connectivity index (χ0) is 33.7. The van der Waals surface area contributed by atoms with Gasteiger partial charge in [0.1, 0.15) is 11.8 Å². The molecule has 10 nitrogen and oxygen atoms in total. The van der Waals surface area contributed by atoms with E-state index in [1.54, 1.807) is 38.4 Å². The molecule has 0 aliphatic heterocycles. The van der Waals surface area contributed by atoms with E-state index in [0.29, 0.717) is 33.6 Å². The molecule has 0 aliphatic rings. The molecule has 2 aromatic heterocycles. The van der Waals surface area contributed by atoms with E-state index in [1.165, 1.54) is 23.3 Å². The lowest BCUT2D eigenvalue weighted by molar-refractivity contribution is -0.142. The molecule has 0 bridgehead atoms. The smallest absolute Gasteiger partial charge is 0.440 e. The van der Waals surface area contributed by atoms with Crippen LogP contribution >= 0.6 is 19.4 Å². The first-order valence-electron chi connectivity index (χ1n) is 15.0. The number of amides is 1. The van der Waals surface area contributed by atoms with Crippen LogP contribution in [0.25, 0.3) is 33.8 Å². The standard InChI is InChI=1S/C36H32N5O5PS/c1-24(36(43)45-3)40-47(44,46-33-16-10-12-25-11-4-5-14-28(25)33)41-32-23-27(48-34-17-7-6-15-30(34)35(42)37-2)19-20-29(32)31(39-41)21-18-26-13-8-9-22-38-26/h4-24H,1-3H3,(H,37,42)(H,40,44)/b21-18+/t24-,47+/m0/s1. The van der Waals surface area contributed by atoms with Crippen molar-refractivity contribution >= 4 is 65.1 Å². The lowest BCUT2D eigenvalue weighted by atomic mass is 10.1. The number of ether oxygens (including phenoxy) is 1. The number of carbonyl (C=O) groups excluding carboxylic acids is 2. The molecule has 0 spiro atoms. The van der Waals surface area contributed by atoms with Crippen LogP contribution in [0.5, 0.6) is 5.75 Å². The molecule has 6 aromatic rings. The lowest BCUT2D eigenvalue weighted by Gasteiger charge is -2.24. The van der Waals surface area contributed by atoms with Gasteiger partial charge in [0.15, 0.2) is 0 Å². The van der Waals surface area contributed by atoms with E-state index in [0.717, 1.165) is 20.6 Å². The van der Waals surface area contributed by atoms with Crippen LogP contribution < -0.4 is 14.9 Å². The van der Waals surface area contributed by atoms with Crippen molar-refractivity contribution in [3.63, 3.8) is 0 Å². The highest BCUT2D eigenvalue weighted by Crippen LogP contribution is 2.49. The van der Waals surface area contributed by atoms with Crippen molar-refractivity contribution in [2.45, 2.75) is 22.8 Å². The van der Waals surface area contributed by atoms with Crippen molar-refractivity contribution in [2.75, 3.05) is 14.2 Å². The highest BCUT2D eigenvalue weighted by atomic mass is 32.2. The van der Waals surface area contributed by atoms with E-state index in [4.69, 9.17) is 14.4 Å². The molecule has 2 N–H and O–H groups in total. The summed E-state index contributed by atoms with van der Waals surface area (Å²) < 4.78 is 28.0. The summed E-state index contributed by atoms with van der Waals surface area (Å²) in [5.41, 5.74) is 2.22. The first kappa shape index (κ1) is 32.7. The Morgan fingerprint density at radius 1 is 0.917 bits per heavy atom. The van der Waals surface area contributed by atoms with Gasteiger partial charge in [-0.15, -0.1) is 0 Å². The van der Waals surface area contributed by atoms with Crippen molar-refractivity contribution in [1.82, 2.24) is 24.9 Å². The molecule has 0 saturated heterocycles. The second-order valence-electron chi connectivity index (χ2n) is 10.7. The number of pyridine rings is 1. The van der Waals surface area contributed by atoms with Gasteiger partial charge in [-0.2, -0.15) is 9.55 Å². The summed E-state index contributed by atoms with van der Waals surface area (Å²) in [5.74, 6) is -0.481. The average molecular weight is 678 g/mol. The fourth-order valence-electron chi connectivity index (χ4n) is 5.14. The van der Waals surface area contributed by atoms with Crippen molar-refractivity contribution in [2.24, 2.45) is 0 Å². The zero-order valence-corrected chi connectivity index (χ0v) is 28.1. The Bertz CT molecular complexity index is 2200. The van der Waals surface area contributed by atoms with Crippen LogP contribution in [0.1, 0.15) is 28.7 Å². The summed E-state index contributed by atoms with van der Waals surface area (Å²) in [6, 6.07) is 30.6. The largest absolute Gasteiger partial charge is 0.468 e. The molecule has 6 rings (SSSR count). The normalized spacial score (nSPS) is 13.3. The Kier molecular flexibility index (Phi) is 9.72. The molecule has 2 atom stereocenters. The predicted octanol–water partition coefficient (Wildman–Crippen LogP) is 7.45. The third-order valence-electron chi connectivity index (χ3n) is 7.48. The molecule has 0 unspecified atom stereocenters. The van der Waals surface area contributed by atoms with Crippen LogP contribution in [0.4, 0.5) is 0 Å². The van der Waals surface area contributed by atoms with Gasteiger partial charge in [-0.05, 0) is 73.0 Å². The molecule has 0 aliphatic carbocycles. The average Bonchev–Trinajstić information content (AvgIpc) is 3.49. The molecule has 48 heavy (non-hydrogen) atoms. The van der Waals surface area contributed by atoms with Gasteiger partial charge >= 0.3 is 13.6 Å². The lowest BCUT2D eigenvalue weighted by Crippen LogP contribution is -2.36. The van der Waals surface area contributed by atoms with Crippen LogP contribution in [0, 0.1) is 0 Å². The number of methoxy groups -OCH3 is 1. The Morgan fingerprint density at radius 3 is 2.48 bits per heavy atom. The van der Waals surface area contributed by atoms with Gasteiger partial charge in [0.05, 0.1) is 29.6 Å². The molecule has 0 radical (unpaired) electrons. The van der Waals surface area contributed by atoms with E-state index in [2.05, 4.69) is 15.4 Å². The number of benzene rings is 4. The summed E-state index contributed by atoms with van der Waals surface area (Å²) in [6.07, 6.45) is 5.30. The van der Waals surface area contributed by atoms with Crippen molar-refractivity contribution < 1.29 is 23.4 Å². The van der Waals surface area contributed by atoms with Crippen molar-refractivity contribution in [3.8, 4) is 5.75 Å². The molecule has 0 saturated carbocycles. The monoisotopic (exact) mass is 677 g/mol. The van der Waals surface area contributed by atoms with Gasteiger partial charge in [-0.3, -0.25) is 14.6 Å². The van der Waals surface area contributed by atoms with Crippen LogP contribution in [-0.4, -0.2) is 46.6 Å². The fraction of sp³-hybridized carbons (Fsp3) is 0.111. The number of esters is 1. The highest BCUT2D eigenvalue weighted by Gasteiger charge is 2.36. The number of fused-ring (bicyclic) bond motifs is 2. The number of nitrogens with one attached hydrogen (secondary N) is 2. The second kappa shape index (κ2) is 14.3. The number of aromatic nitrogens is 3. The third kappa shape index (κ3) is 6.89. The molecular weight excluding hydrogens is 645 g/mol. The predicted molar refractivity (Wildman–Crippen MR) is 189 cm³/mol. The van der Waals surface area contributed by atoms with E-state index < -0.39 is 19.7 Å². The SMILES string of the molecule is CNC(=O)c1ccccc1Sc1ccc2c(/C=C/c3ccccn3)nn([P@@](=O)(N[C@@H](C)C(=O)OC)Oc3cccc4ccccc34)c2c1. The van der Waals surface area contributed by atoms with Crippen LogP contribution in [-0.2, 0) is 14.1 Å². The first-order chi connectivity index (χ1) is 23.3. The van der Waals surface area contributed by atoms with Gasteiger partial charge in [0.25, 0.3) is 5.91 Å². The number of hydrogen-bond acceptors (Lipinski definition) is 8. The Morgan fingerprint density at radius 2 is 1.69 bits per heavy atom. The van der Waals surface area contributed by atoms with E-state index in [-0.39, 0.29) is 5.91 Å². The van der Waals surface area contributed by atoms with Gasteiger partial charge in [-0.1, -0.05) is 66.4 Å². The summed E-state index contributed by atoms with van der Waals surface area (Å²) in [5, 5.41) is 12.7. The second-order valence-corrected chi connectivity index (χ2v) is 13.7. The number of hydrogen-bond donors (Lipinski definition) is 2. The minimum Gasteiger partial charge on any atom is -0.468 e. The minimum atomic E-state index is -4.24. The maximum absolute atomic E-state index is 15.3. The number of carbonyl (C=O) groups is 2. The van der Waals surface area contributed by atoms with Gasteiger partial charge in [-0.25, -0.2) is 9.65 Å².